The highest BCUT2D eigenvalue weighted by Gasteiger charge is 2.16. The molecule has 0 aromatic heterocycles. The number of nitriles is 1. The zero-order valence-corrected chi connectivity index (χ0v) is 14.0. The summed E-state index contributed by atoms with van der Waals surface area (Å²) in [6.45, 7) is 7.06. The van der Waals surface area contributed by atoms with E-state index in [1.807, 2.05) is 39.0 Å². The van der Waals surface area contributed by atoms with Gasteiger partial charge in [-0.2, -0.15) is 5.26 Å². The molecule has 0 spiro atoms. The molecule has 0 aliphatic carbocycles. The molecule has 0 unspecified atom stereocenters. The van der Waals surface area contributed by atoms with Gasteiger partial charge in [0.1, 0.15) is 0 Å². The van der Waals surface area contributed by atoms with E-state index in [1.54, 1.807) is 0 Å². The number of hydrogen-bond donors (Lipinski definition) is 0. The Morgan fingerprint density at radius 1 is 1.25 bits per heavy atom. The second-order valence-corrected chi connectivity index (χ2v) is 5.86. The molecule has 0 saturated carbocycles. The molecular formula is C16H22BrNO2. The monoisotopic (exact) mass is 339 g/mol. The van der Waals surface area contributed by atoms with E-state index in [-0.39, 0.29) is 5.41 Å². The fraction of sp³-hybridized carbons (Fsp3) is 0.562. The van der Waals surface area contributed by atoms with Crippen LogP contribution in [-0.2, 0) is 5.33 Å². The molecule has 1 aromatic rings. The number of nitrogens with zero attached hydrogens (tertiary/aromatic N) is 1. The molecule has 0 aliphatic rings. The van der Waals surface area contributed by atoms with Crippen LogP contribution in [0.4, 0.5) is 0 Å². The van der Waals surface area contributed by atoms with Gasteiger partial charge in [0.2, 0.25) is 0 Å². The molecule has 1 aromatic carbocycles. The Labute approximate surface area is 130 Å². The summed E-state index contributed by atoms with van der Waals surface area (Å²) in [6, 6.07) is 8.26. The van der Waals surface area contributed by atoms with Gasteiger partial charge in [-0.25, -0.2) is 0 Å². The molecule has 0 radical (unpaired) electrons. The minimum atomic E-state index is -0.286. The molecular weight excluding hydrogens is 318 g/mol. The van der Waals surface area contributed by atoms with E-state index in [2.05, 4.69) is 22.0 Å². The highest BCUT2D eigenvalue weighted by molar-refractivity contribution is 9.08. The first-order chi connectivity index (χ1) is 9.52. The standard InChI is InChI=1S/C16H22BrNO2/c1-4-19-15-10-13(11-17)6-7-14(15)20-9-5-8-16(2,3)12-18/h6-7,10H,4-5,8-9,11H2,1-3H3. The molecule has 0 atom stereocenters. The molecule has 0 bridgehead atoms. The third-order valence-electron chi connectivity index (χ3n) is 2.97. The number of rotatable bonds is 8. The Morgan fingerprint density at radius 3 is 2.60 bits per heavy atom. The maximum atomic E-state index is 8.97. The summed E-state index contributed by atoms with van der Waals surface area (Å²) in [6.07, 6.45) is 1.68. The largest absolute Gasteiger partial charge is 0.490 e. The molecule has 0 N–H and O–H groups in total. The van der Waals surface area contributed by atoms with Gasteiger partial charge in [0.15, 0.2) is 11.5 Å². The van der Waals surface area contributed by atoms with Crippen molar-refractivity contribution in [1.29, 1.82) is 5.26 Å². The van der Waals surface area contributed by atoms with Crippen molar-refractivity contribution in [1.82, 2.24) is 0 Å². The van der Waals surface area contributed by atoms with Crippen molar-refractivity contribution >= 4 is 15.9 Å². The van der Waals surface area contributed by atoms with E-state index in [1.165, 1.54) is 0 Å². The van der Waals surface area contributed by atoms with E-state index in [0.717, 1.165) is 35.2 Å². The predicted molar refractivity (Wildman–Crippen MR) is 84.4 cm³/mol. The fourth-order valence-corrected chi connectivity index (χ4v) is 2.12. The van der Waals surface area contributed by atoms with Crippen molar-refractivity contribution in [2.24, 2.45) is 5.41 Å². The smallest absolute Gasteiger partial charge is 0.161 e. The second-order valence-electron chi connectivity index (χ2n) is 5.30. The van der Waals surface area contributed by atoms with Crippen LogP contribution in [0.1, 0.15) is 39.2 Å². The van der Waals surface area contributed by atoms with Gasteiger partial charge in [0.25, 0.3) is 0 Å². The predicted octanol–water partition coefficient (Wildman–Crippen LogP) is 4.69. The summed E-state index contributed by atoms with van der Waals surface area (Å²) in [5.41, 5.74) is 0.873. The first kappa shape index (κ1) is 16.8. The van der Waals surface area contributed by atoms with Gasteiger partial charge in [0.05, 0.1) is 24.7 Å². The van der Waals surface area contributed by atoms with Gasteiger partial charge in [-0.1, -0.05) is 22.0 Å². The van der Waals surface area contributed by atoms with Crippen LogP contribution in [0.2, 0.25) is 0 Å². The normalized spacial score (nSPS) is 10.9. The van der Waals surface area contributed by atoms with Crippen LogP contribution in [0.3, 0.4) is 0 Å². The lowest BCUT2D eigenvalue weighted by molar-refractivity contribution is 0.259. The molecule has 110 valence electrons. The van der Waals surface area contributed by atoms with Gasteiger partial charge < -0.3 is 9.47 Å². The van der Waals surface area contributed by atoms with Crippen LogP contribution in [-0.4, -0.2) is 13.2 Å². The average Bonchev–Trinajstić information content (AvgIpc) is 2.45. The number of alkyl halides is 1. The van der Waals surface area contributed by atoms with Crippen molar-refractivity contribution in [3.05, 3.63) is 23.8 Å². The molecule has 0 aliphatic heterocycles. The summed E-state index contributed by atoms with van der Waals surface area (Å²) < 4.78 is 11.4. The zero-order valence-electron chi connectivity index (χ0n) is 12.4. The van der Waals surface area contributed by atoms with Crippen molar-refractivity contribution in [3.8, 4) is 17.6 Å². The summed E-state index contributed by atoms with van der Waals surface area (Å²) in [5.74, 6) is 1.55. The van der Waals surface area contributed by atoms with Crippen LogP contribution < -0.4 is 9.47 Å². The van der Waals surface area contributed by atoms with Crippen molar-refractivity contribution in [2.75, 3.05) is 13.2 Å². The Kier molecular flexibility index (Phi) is 6.87. The Bertz CT molecular complexity index is 466. The quantitative estimate of drug-likeness (QED) is 0.509. The Balaban J connectivity index is 2.57. The molecule has 1 rings (SSSR count). The van der Waals surface area contributed by atoms with Gasteiger partial charge in [-0.3, -0.25) is 0 Å². The maximum Gasteiger partial charge on any atom is 0.161 e. The van der Waals surface area contributed by atoms with Crippen molar-refractivity contribution < 1.29 is 9.47 Å². The second kappa shape index (κ2) is 8.16. The van der Waals surface area contributed by atoms with Crippen LogP contribution >= 0.6 is 15.9 Å². The van der Waals surface area contributed by atoms with E-state index in [9.17, 15) is 0 Å². The minimum absolute atomic E-state index is 0.286. The average molecular weight is 340 g/mol. The van der Waals surface area contributed by atoms with Crippen molar-refractivity contribution in [3.63, 3.8) is 0 Å². The molecule has 3 nitrogen and oxygen atoms in total. The van der Waals surface area contributed by atoms with Gasteiger partial charge in [-0.15, -0.1) is 0 Å². The topological polar surface area (TPSA) is 42.2 Å². The minimum Gasteiger partial charge on any atom is -0.490 e. The summed E-state index contributed by atoms with van der Waals surface area (Å²) in [7, 11) is 0. The molecule has 0 fully saturated rings. The highest BCUT2D eigenvalue weighted by Crippen LogP contribution is 2.30. The van der Waals surface area contributed by atoms with Gasteiger partial charge in [0, 0.05) is 5.33 Å². The van der Waals surface area contributed by atoms with Crippen LogP contribution in [0, 0.1) is 16.7 Å². The Morgan fingerprint density at radius 2 is 2.00 bits per heavy atom. The van der Waals surface area contributed by atoms with Crippen LogP contribution in [0.5, 0.6) is 11.5 Å². The SMILES string of the molecule is CCOc1cc(CBr)ccc1OCCCC(C)(C)C#N. The number of hydrogen-bond acceptors (Lipinski definition) is 3. The first-order valence-corrected chi connectivity index (χ1v) is 8.00. The van der Waals surface area contributed by atoms with E-state index in [0.29, 0.717) is 13.2 Å². The van der Waals surface area contributed by atoms with Gasteiger partial charge in [-0.05, 0) is 51.3 Å². The van der Waals surface area contributed by atoms with E-state index < -0.39 is 0 Å². The summed E-state index contributed by atoms with van der Waals surface area (Å²) >= 11 is 3.43. The maximum absolute atomic E-state index is 8.97. The lowest BCUT2D eigenvalue weighted by Gasteiger charge is -2.16. The Hall–Kier alpha value is -1.21. The first-order valence-electron chi connectivity index (χ1n) is 6.88. The molecule has 4 heteroatoms. The number of benzene rings is 1. The fourth-order valence-electron chi connectivity index (χ4n) is 1.78. The molecule has 20 heavy (non-hydrogen) atoms. The third-order valence-corrected chi connectivity index (χ3v) is 3.62. The zero-order chi connectivity index (χ0) is 15.0. The summed E-state index contributed by atoms with van der Waals surface area (Å²) in [4.78, 5) is 0. The number of halogens is 1. The van der Waals surface area contributed by atoms with Crippen LogP contribution in [0.15, 0.2) is 18.2 Å². The lowest BCUT2D eigenvalue weighted by atomic mass is 9.90. The summed E-state index contributed by atoms with van der Waals surface area (Å²) in [5, 5.41) is 9.76. The van der Waals surface area contributed by atoms with E-state index >= 15 is 0 Å². The molecule has 0 saturated heterocycles. The van der Waals surface area contributed by atoms with Crippen LogP contribution in [0.25, 0.3) is 0 Å². The molecule has 0 amide bonds. The molecule has 0 heterocycles. The third kappa shape index (κ3) is 5.42. The van der Waals surface area contributed by atoms with Gasteiger partial charge >= 0.3 is 0 Å². The highest BCUT2D eigenvalue weighted by atomic mass is 79.9. The van der Waals surface area contributed by atoms with Crippen molar-refractivity contribution in [2.45, 2.75) is 38.9 Å². The number of ether oxygens (including phenoxy) is 2. The lowest BCUT2D eigenvalue weighted by Crippen LogP contribution is -2.10. The van der Waals surface area contributed by atoms with E-state index in [4.69, 9.17) is 14.7 Å².